The van der Waals surface area contributed by atoms with Gasteiger partial charge in [0.1, 0.15) is 6.79 Å². The summed E-state index contributed by atoms with van der Waals surface area (Å²) in [5.74, 6) is 0.138. The summed E-state index contributed by atoms with van der Waals surface area (Å²) < 4.78 is 47.8. The first-order valence-electron chi connectivity index (χ1n) is 18.4. The van der Waals surface area contributed by atoms with E-state index in [1.807, 2.05) is 18.2 Å². The van der Waals surface area contributed by atoms with Crippen molar-refractivity contribution < 1.29 is 32.5 Å². The highest BCUT2D eigenvalue weighted by Crippen LogP contribution is 2.50. The van der Waals surface area contributed by atoms with Gasteiger partial charge in [-0.3, -0.25) is 0 Å². The minimum Gasteiger partial charge on any atom is -0.548 e. The van der Waals surface area contributed by atoms with Crippen molar-refractivity contribution in [3.8, 4) is 0 Å². The molecule has 2 heterocycles. The van der Waals surface area contributed by atoms with Gasteiger partial charge in [-0.15, -0.1) is 0 Å². The lowest BCUT2D eigenvalue weighted by atomic mass is 9.81. The molecule has 2 aliphatic rings. The van der Waals surface area contributed by atoms with Gasteiger partial charge in [0.05, 0.1) is 36.3 Å². The summed E-state index contributed by atoms with van der Waals surface area (Å²) >= 11 is 3.65. The molecule has 0 aromatic heterocycles. The van der Waals surface area contributed by atoms with Crippen LogP contribution in [0.25, 0.3) is 0 Å². The van der Waals surface area contributed by atoms with Gasteiger partial charge in [-0.2, -0.15) is 0 Å². The Morgan fingerprint density at radius 2 is 1.63 bits per heavy atom. The predicted octanol–water partition coefficient (Wildman–Crippen LogP) is 11.0. The largest absolute Gasteiger partial charge is 0.548 e. The van der Waals surface area contributed by atoms with Gasteiger partial charge in [0, 0.05) is 57.9 Å². The lowest BCUT2D eigenvalue weighted by molar-refractivity contribution is -0.353. The highest BCUT2D eigenvalue weighted by atomic mass is 79.9. The van der Waals surface area contributed by atoms with Crippen LogP contribution in [0.1, 0.15) is 78.7 Å². The molecule has 2 fully saturated rings. The SMILES string of the molecule is C/C=C(\C[C@H]1C[C@](C)(O[Si](C)(C)C(C)(C)C)C[C@@]2(C[C@@H](OCOCC[Si](C)(C)C)C[C@H](CCOCc3ccccc3Br)O2)O1)O[Si](C)(C)C. The van der Waals surface area contributed by atoms with Gasteiger partial charge in [-0.1, -0.05) is 80.6 Å². The molecule has 0 aliphatic carbocycles. The molecule has 1 aromatic rings. The third-order valence-electron chi connectivity index (χ3n) is 9.81. The van der Waals surface area contributed by atoms with Crippen molar-refractivity contribution in [1.82, 2.24) is 0 Å². The zero-order chi connectivity index (χ0) is 36.7. The molecule has 1 aromatic carbocycles. The van der Waals surface area contributed by atoms with Gasteiger partial charge in [0.15, 0.2) is 14.1 Å². The second-order valence-corrected chi connectivity index (χ2v) is 33.9. The molecule has 7 nitrogen and oxygen atoms in total. The van der Waals surface area contributed by atoms with Gasteiger partial charge in [-0.05, 0) is 75.7 Å². The first-order valence-corrected chi connectivity index (χ1v) is 29.2. The average Bonchev–Trinajstić information content (AvgIpc) is 2.92. The maximum Gasteiger partial charge on any atom is 0.241 e. The van der Waals surface area contributed by atoms with E-state index in [4.69, 9.17) is 32.5 Å². The molecule has 0 unspecified atom stereocenters. The Morgan fingerprint density at radius 3 is 2.24 bits per heavy atom. The molecular weight excluding hydrogens is 733 g/mol. The van der Waals surface area contributed by atoms with Gasteiger partial charge in [0.25, 0.3) is 0 Å². The summed E-state index contributed by atoms with van der Waals surface area (Å²) in [6.45, 7) is 31.9. The van der Waals surface area contributed by atoms with Gasteiger partial charge < -0.3 is 32.5 Å². The average molecular weight is 802 g/mol. The fourth-order valence-electron chi connectivity index (χ4n) is 6.52. The number of hydrogen-bond donors (Lipinski definition) is 0. The third-order valence-corrected chi connectivity index (χ3v) is 17.8. The van der Waals surface area contributed by atoms with Crippen molar-refractivity contribution in [2.45, 2.75) is 173 Å². The van der Waals surface area contributed by atoms with Crippen LogP contribution >= 0.6 is 15.9 Å². The van der Waals surface area contributed by atoms with E-state index in [9.17, 15) is 0 Å². The zero-order valence-electron chi connectivity index (χ0n) is 33.1. The molecule has 1 spiro atoms. The Kier molecular flexibility index (Phi) is 15.5. The van der Waals surface area contributed by atoms with Crippen LogP contribution in [-0.2, 0) is 39.1 Å². The summed E-state index contributed by atoms with van der Waals surface area (Å²) in [4.78, 5) is 0. The van der Waals surface area contributed by atoms with Crippen LogP contribution < -0.4 is 0 Å². The molecule has 0 bridgehead atoms. The molecule has 49 heavy (non-hydrogen) atoms. The predicted molar refractivity (Wildman–Crippen MR) is 213 cm³/mol. The number of benzene rings is 1. The number of halogens is 1. The number of ether oxygens (including phenoxy) is 5. The van der Waals surface area contributed by atoms with Gasteiger partial charge in [-0.25, -0.2) is 0 Å². The second kappa shape index (κ2) is 17.7. The monoisotopic (exact) mass is 800 g/mol. The molecule has 0 radical (unpaired) electrons. The van der Waals surface area contributed by atoms with E-state index in [0.29, 0.717) is 32.5 Å². The summed E-state index contributed by atoms with van der Waals surface area (Å²) in [5.41, 5.74) is 0.706. The first-order chi connectivity index (χ1) is 22.5. The van der Waals surface area contributed by atoms with E-state index in [0.717, 1.165) is 47.7 Å². The molecule has 2 saturated heterocycles. The molecule has 5 atom stereocenters. The topological polar surface area (TPSA) is 64.6 Å². The minimum absolute atomic E-state index is 0.0656. The molecule has 2 aliphatic heterocycles. The molecule has 0 N–H and O–H groups in total. The zero-order valence-corrected chi connectivity index (χ0v) is 37.7. The van der Waals surface area contributed by atoms with E-state index >= 15 is 0 Å². The Morgan fingerprint density at radius 1 is 0.959 bits per heavy atom. The fraction of sp³-hybridized carbons (Fsp3) is 0.789. The fourth-order valence-corrected chi connectivity index (χ4v) is 10.4. The lowest BCUT2D eigenvalue weighted by Crippen LogP contribution is -2.61. The summed E-state index contributed by atoms with van der Waals surface area (Å²) in [5, 5.41) is 0.0757. The molecule has 11 heteroatoms. The van der Waals surface area contributed by atoms with Crippen LogP contribution in [0.5, 0.6) is 0 Å². The number of allylic oxidation sites excluding steroid dienone is 1. The van der Waals surface area contributed by atoms with E-state index in [2.05, 4.69) is 115 Å². The highest BCUT2D eigenvalue weighted by molar-refractivity contribution is 9.10. The lowest BCUT2D eigenvalue weighted by Gasteiger charge is -2.55. The number of hydrogen-bond acceptors (Lipinski definition) is 7. The van der Waals surface area contributed by atoms with Gasteiger partial charge in [0.2, 0.25) is 8.32 Å². The number of rotatable bonds is 17. The van der Waals surface area contributed by atoms with Crippen molar-refractivity contribution >= 4 is 40.6 Å². The molecule has 282 valence electrons. The van der Waals surface area contributed by atoms with Crippen LogP contribution in [0.3, 0.4) is 0 Å². The Labute approximate surface area is 310 Å². The third kappa shape index (κ3) is 14.5. The quantitative estimate of drug-likeness (QED) is 0.0673. The van der Waals surface area contributed by atoms with E-state index < -0.39 is 36.1 Å². The van der Waals surface area contributed by atoms with Gasteiger partial charge >= 0.3 is 0 Å². The molecule has 3 rings (SSSR count). The van der Waals surface area contributed by atoms with Crippen molar-refractivity contribution in [2.75, 3.05) is 20.0 Å². The highest BCUT2D eigenvalue weighted by Gasteiger charge is 2.55. The first kappa shape index (κ1) is 43.1. The van der Waals surface area contributed by atoms with E-state index in [-0.39, 0.29) is 30.1 Å². The van der Waals surface area contributed by atoms with Crippen molar-refractivity contribution in [1.29, 1.82) is 0 Å². The Bertz CT molecular complexity index is 1210. The summed E-state index contributed by atoms with van der Waals surface area (Å²) in [6.07, 6.45) is 6.09. The van der Waals surface area contributed by atoms with E-state index in [1.54, 1.807) is 0 Å². The van der Waals surface area contributed by atoms with Crippen molar-refractivity contribution in [3.63, 3.8) is 0 Å². The van der Waals surface area contributed by atoms with Crippen LogP contribution in [-0.4, -0.2) is 74.4 Å². The Balaban J connectivity index is 1.86. The normalized spacial score (nSPS) is 27.5. The van der Waals surface area contributed by atoms with Crippen LogP contribution in [0, 0.1) is 0 Å². The molecular formula is C38H69BrO7Si3. The maximum atomic E-state index is 7.32. The van der Waals surface area contributed by atoms with Crippen LogP contribution in [0.15, 0.2) is 40.6 Å². The second-order valence-electron chi connectivity index (χ2n) is 18.3. The standard InChI is InChI=1S/C38H69BrO7Si3/c1-14-31(45-48(9,10)11)23-34-25-37(5,46-49(12,13)36(2,3)4)28-38(44-34)26-33(42-29-41-21-22-47(6,7)8)24-32(43-38)19-20-40-27-30-17-15-16-18-35(30)39/h14-18,32-34H,19-29H2,1-13H3/b31-14+/t32-,33-,34-,37-,38+/m0/s1. The maximum absolute atomic E-state index is 7.32. The van der Waals surface area contributed by atoms with Crippen LogP contribution in [0.4, 0.5) is 0 Å². The van der Waals surface area contributed by atoms with E-state index in [1.165, 1.54) is 0 Å². The van der Waals surface area contributed by atoms with Crippen LogP contribution in [0.2, 0.25) is 63.5 Å². The smallest absolute Gasteiger partial charge is 0.241 e. The molecule has 0 amide bonds. The molecule has 0 saturated carbocycles. The summed E-state index contributed by atoms with van der Waals surface area (Å²) in [7, 11) is -5.11. The summed E-state index contributed by atoms with van der Waals surface area (Å²) in [6, 6.07) is 9.32. The Hall–Kier alpha value is -0.349. The van der Waals surface area contributed by atoms with Crippen molar-refractivity contribution in [3.05, 3.63) is 46.1 Å². The minimum atomic E-state index is -2.13. The van der Waals surface area contributed by atoms with Crippen molar-refractivity contribution in [2.24, 2.45) is 0 Å².